The number of carbonyl (C=O) groups excluding carboxylic acids is 1. The fourth-order valence-electron chi connectivity index (χ4n) is 4.55. The average Bonchev–Trinajstić information content (AvgIpc) is 3.38. The minimum atomic E-state index is -0.498. The van der Waals surface area contributed by atoms with Crippen molar-refractivity contribution in [2.45, 2.75) is 26.3 Å². The average molecular weight is 545 g/mol. The van der Waals surface area contributed by atoms with E-state index in [1.165, 1.54) is 0 Å². The maximum atomic E-state index is 13.7. The largest absolute Gasteiger partial charge is 0.493 e. The minimum Gasteiger partial charge on any atom is -0.493 e. The molecule has 40 heavy (non-hydrogen) atoms. The van der Waals surface area contributed by atoms with Gasteiger partial charge in [0.2, 0.25) is 5.75 Å². The molecule has 0 fully saturated rings. The Morgan fingerprint density at radius 1 is 0.950 bits per heavy atom. The highest BCUT2D eigenvalue weighted by atomic mass is 16.5. The van der Waals surface area contributed by atoms with Crippen molar-refractivity contribution in [2.24, 2.45) is 0 Å². The van der Waals surface area contributed by atoms with Crippen LogP contribution >= 0.6 is 0 Å². The summed E-state index contributed by atoms with van der Waals surface area (Å²) in [5.41, 5.74) is 5.02. The summed E-state index contributed by atoms with van der Waals surface area (Å²) in [5.74, 6) is 1.59. The summed E-state index contributed by atoms with van der Waals surface area (Å²) >= 11 is 0. The van der Waals surface area contributed by atoms with Gasteiger partial charge >= 0.3 is 0 Å². The van der Waals surface area contributed by atoms with Crippen LogP contribution in [0.4, 0.5) is 0 Å². The molecule has 1 heterocycles. The lowest BCUT2D eigenvalue weighted by atomic mass is 10.00. The first kappa shape index (κ1) is 28.6. The number of aromatic nitrogens is 1. The van der Waals surface area contributed by atoms with Gasteiger partial charge in [0.25, 0.3) is 5.91 Å². The number of carbonyl (C=O) groups is 1. The summed E-state index contributed by atoms with van der Waals surface area (Å²) in [5, 5.41) is 14.2. The summed E-state index contributed by atoms with van der Waals surface area (Å²) < 4.78 is 22.5. The molecule has 8 nitrogen and oxygen atoms in total. The van der Waals surface area contributed by atoms with E-state index in [1.54, 1.807) is 33.5 Å². The van der Waals surface area contributed by atoms with E-state index in [9.17, 15) is 9.90 Å². The van der Waals surface area contributed by atoms with E-state index in [1.807, 2.05) is 68.6 Å². The molecule has 3 aromatic carbocycles. The topological polar surface area (TPSA) is 102 Å². The number of allylic oxidation sites excluding steroid dienone is 1. The van der Waals surface area contributed by atoms with Gasteiger partial charge < -0.3 is 34.4 Å². The number of hydrogen-bond acceptors (Lipinski definition) is 6. The number of benzene rings is 3. The predicted molar refractivity (Wildman–Crippen MR) is 157 cm³/mol. The van der Waals surface area contributed by atoms with Crippen molar-refractivity contribution in [3.63, 3.8) is 0 Å². The first-order valence-corrected chi connectivity index (χ1v) is 13.1. The minimum absolute atomic E-state index is 0.216. The maximum absolute atomic E-state index is 13.7. The van der Waals surface area contributed by atoms with Crippen molar-refractivity contribution >= 4 is 16.8 Å². The molecular formula is C32H36N2O6. The molecule has 210 valence electrons. The molecule has 0 unspecified atom stereocenters. The number of H-pyrrole nitrogens is 1. The van der Waals surface area contributed by atoms with E-state index < -0.39 is 6.04 Å². The van der Waals surface area contributed by atoms with Gasteiger partial charge in [-0.15, -0.1) is 0 Å². The fourth-order valence-corrected chi connectivity index (χ4v) is 4.55. The standard InChI is InChI=1S/C32H36N2O6/c1-20(2)12-13-40-28-11-10-21(22-16-29(37-3)31(39-5)30(17-22)38-4)15-26(28)32(36)34-24(19-35)14-23-18-33-27-9-7-6-8-25(23)27/h6-12,15-18,24,33,35H,13-14,19H2,1-5H3,(H,34,36)/t24-/m1/s1. The number of aromatic amines is 1. The number of ether oxygens (including phenoxy) is 4. The van der Waals surface area contributed by atoms with Crippen molar-refractivity contribution in [3.8, 4) is 34.1 Å². The van der Waals surface area contributed by atoms with Crippen LogP contribution in [0.25, 0.3) is 22.0 Å². The zero-order valence-electron chi connectivity index (χ0n) is 23.5. The SMILES string of the molecule is COc1cc(-c2ccc(OCC=C(C)C)c(C(=O)N[C@@H](CO)Cc3c[nH]c4ccccc34)c2)cc(OC)c1OC. The molecule has 0 aliphatic heterocycles. The van der Waals surface area contributed by atoms with Crippen molar-refractivity contribution < 1.29 is 28.8 Å². The summed E-state index contributed by atoms with van der Waals surface area (Å²) in [6.07, 6.45) is 4.33. The Kier molecular flexibility index (Phi) is 9.35. The lowest BCUT2D eigenvalue weighted by molar-refractivity contribution is 0.0913. The molecule has 8 heteroatoms. The number of aliphatic hydroxyl groups excluding tert-OH is 1. The summed E-state index contributed by atoms with van der Waals surface area (Å²) in [6, 6.07) is 16.5. The number of methoxy groups -OCH3 is 3. The summed E-state index contributed by atoms with van der Waals surface area (Å²) in [4.78, 5) is 16.9. The van der Waals surface area contributed by atoms with Gasteiger partial charge in [-0.3, -0.25) is 4.79 Å². The number of nitrogens with one attached hydrogen (secondary N) is 2. The molecule has 0 saturated carbocycles. The highest BCUT2D eigenvalue weighted by Gasteiger charge is 2.21. The van der Waals surface area contributed by atoms with Crippen molar-refractivity contribution in [2.75, 3.05) is 34.5 Å². The normalized spacial score (nSPS) is 11.6. The quantitative estimate of drug-likeness (QED) is 0.203. The Morgan fingerprint density at radius 3 is 2.33 bits per heavy atom. The number of hydrogen-bond donors (Lipinski definition) is 3. The van der Waals surface area contributed by atoms with Crippen LogP contribution in [0.15, 0.2) is 72.4 Å². The van der Waals surface area contributed by atoms with E-state index in [0.717, 1.165) is 33.2 Å². The molecule has 1 aromatic heterocycles. The highest BCUT2D eigenvalue weighted by Crippen LogP contribution is 2.41. The molecular weight excluding hydrogens is 508 g/mol. The first-order valence-electron chi connectivity index (χ1n) is 13.1. The highest BCUT2D eigenvalue weighted by molar-refractivity contribution is 5.98. The zero-order valence-corrected chi connectivity index (χ0v) is 23.5. The van der Waals surface area contributed by atoms with Crippen LogP contribution in [-0.2, 0) is 6.42 Å². The molecule has 0 saturated heterocycles. The second kappa shape index (κ2) is 13.1. The van der Waals surface area contributed by atoms with Gasteiger partial charge in [0.05, 0.1) is 39.5 Å². The van der Waals surface area contributed by atoms with E-state index in [-0.39, 0.29) is 12.5 Å². The fraction of sp³-hybridized carbons (Fsp3) is 0.281. The van der Waals surface area contributed by atoms with Gasteiger partial charge in [-0.25, -0.2) is 0 Å². The summed E-state index contributed by atoms with van der Waals surface area (Å²) in [7, 11) is 4.67. The molecule has 0 radical (unpaired) electrons. The lowest BCUT2D eigenvalue weighted by Gasteiger charge is -2.19. The Balaban J connectivity index is 1.67. The van der Waals surface area contributed by atoms with Gasteiger partial charge in [-0.1, -0.05) is 29.8 Å². The Bertz CT molecular complexity index is 1480. The monoisotopic (exact) mass is 544 g/mol. The summed E-state index contributed by atoms with van der Waals surface area (Å²) in [6.45, 7) is 4.08. The van der Waals surface area contributed by atoms with Crippen molar-refractivity contribution in [3.05, 3.63) is 83.6 Å². The van der Waals surface area contributed by atoms with Crippen LogP contribution in [0, 0.1) is 0 Å². The molecule has 4 aromatic rings. The van der Waals surface area contributed by atoms with E-state index in [2.05, 4.69) is 10.3 Å². The van der Waals surface area contributed by atoms with E-state index in [4.69, 9.17) is 18.9 Å². The molecule has 0 spiro atoms. The van der Waals surface area contributed by atoms with Gasteiger partial charge in [-0.2, -0.15) is 0 Å². The van der Waals surface area contributed by atoms with E-state index >= 15 is 0 Å². The van der Waals surface area contributed by atoms with Crippen LogP contribution in [0.5, 0.6) is 23.0 Å². The van der Waals surface area contributed by atoms with Crippen LogP contribution in [0.1, 0.15) is 29.8 Å². The van der Waals surface area contributed by atoms with Crippen LogP contribution < -0.4 is 24.3 Å². The van der Waals surface area contributed by atoms with Crippen molar-refractivity contribution in [1.29, 1.82) is 0 Å². The maximum Gasteiger partial charge on any atom is 0.255 e. The van der Waals surface area contributed by atoms with Crippen LogP contribution in [-0.4, -0.2) is 56.6 Å². The molecule has 0 bridgehead atoms. The number of para-hydroxylation sites is 1. The number of fused-ring (bicyclic) bond motifs is 1. The molecule has 1 amide bonds. The second-order valence-corrected chi connectivity index (χ2v) is 9.63. The number of aliphatic hydroxyl groups is 1. The van der Waals surface area contributed by atoms with Gasteiger partial charge in [0, 0.05) is 17.1 Å². The molecule has 3 N–H and O–H groups in total. The molecule has 0 aliphatic carbocycles. The molecule has 0 aliphatic rings. The number of rotatable bonds is 12. The van der Waals surface area contributed by atoms with E-state index in [0.29, 0.717) is 41.6 Å². The Hall–Kier alpha value is -4.43. The third-order valence-electron chi connectivity index (χ3n) is 6.65. The molecule has 4 rings (SSSR count). The second-order valence-electron chi connectivity index (χ2n) is 9.63. The smallest absolute Gasteiger partial charge is 0.255 e. The third kappa shape index (κ3) is 6.40. The van der Waals surface area contributed by atoms with Crippen LogP contribution in [0.2, 0.25) is 0 Å². The van der Waals surface area contributed by atoms with Gasteiger partial charge in [0.15, 0.2) is 11.5 Å². The third-order valence-corrected chi connectivity index (χ3v) is 6.65. The zero-order chi connectivity index (χ0) is 28.6. The molecule has 1 atom stereocenters. The predicted octanol–water partition coefficient (Wildman–Crippen LogP) is 5.54. The Morgan fingerprint density at radius 2 is 1.68 bits per heavy atom. The van der Waals surface area contributed by atoms with Crippen LogP contribution in [0.3, 0.4) is 0 Å². The first-order chi connectivity index (χ1) is 19.4. The van der Waals surface area contributed by atoms with Crippen molar-refractivity contribution in [1.82, 2.24) is 10.3 Å². The Labute approximate surface area is 234 Å². The number of amides is 1. The van der Waals surface area contributed by atoms with Gasteiger partial charge in [-0.05, 0) is 73.4 Å². The lowest BCUT2D eigenvalue weighted by Crippen LogP contribution is -2.39. The van der Waals surface area contributed by atoms with Gasteiger partial charge in [0.1, 0.15) is 12.4 Å².